The minimum absolute atomic E-state index is 0.629. The van der Waals surface area contributed by atoms with E-state index in [1.54, 1.807) is 12.4 Å². The number of aromatic nitrogens is 3. The van der Waals surface area contributed by atoms with Gasteiger partial charge in [0.1, 0.15) is 5.82 Å². The van der Waals surface area contributed by atoms with Gasteiger partial charge in [0.05, 0.1) is 5.02 Å². The topological polar surface area (TPSA) is 41.9 Å². The van der Waals surface area contributed by atoms with Crippen molar-refractivity contribution in [2.24, 2.45) is 0 Å². The second-order valence-corrected chi connectivity index (χ2v) is 6.31. The Morgan fingerprint density at radius 3 is 3.00 bits per heavy atom. The van der Waals surface area contributed by atoms with Gasteiger partial charge in [0.15, 0.2) is 0 Å². The van der Waals surface area contributed by atoms with Crippen LogP contribution in [0.25, 0.3) is 0 Å². The van der Waals surface area contributed by atoms with Gasteiger partial charge >= 0.3 is 0 Å². The second kappa shape index (κ2) is 5.35. The van der Waals surface area contributed by atoms with Crippen LogP contribution in [0.3, 0.4) is 0 Å². The summed E-state index contributed by atoms with van der Waals surface area (Å²) in [5, 5.41) is 0.739. The van der Waals surface area contributed by atoms with E-state index >= 15 is 0 Å². The molecule has 0 amide bonds. The number of hydrogen-bond donors (Lipinski definition) is 0. The first-order valence-electron chi connectivity index (χ1n) is 7.45. The largest absolute Gasteiger partial charge is 0.294 e. The third-order valence-electron chi connectivity index (χ3n) is 4.22. The zero-order chi connectivity index (χ0) is 14.2. The van der Waals surface area contributed by atoms with E-state index in [0.717, 1.165) is 42.5 Å². The molecule has 5 heteroatoms. The molecule has 0 atom stereocenters. The van der Waals surface area contributed by atoms with Crippen LogP contribution in [-0.2, 0) is 19.5 Å². The highest BCUT2D eigenvalue weighted by Crippen LogP contribution is 2.38. The normalized spacial score (nSPS) is 18.5. The summed E-state index contributed by atoms with van der Waals surface area (Å²) in [5.74, 6) is 1.68. The fraction of sp³-hybridized carbons (Fsp3) is 0.438. The molecular formula is C16H17ClN4. The van der Waals surface area contributed by atoms with E-state index in [0.29, 0.717) is 5.92 Å². The zero-order valence-electron chi connectivity index (χ0n) is 11.8. The van der Waals surface area contributed by atoms with Crippen molar-refractivity contribution in [2.45, 2.75) is 38.3 Å². The van der Waals surface area contributed by atoms with E-state index in [-0.39, 0.29) is 0 Å². The van der Waals surface area contributed by atoms with Gasteiger partial charge in [0.2, 0.25) is 0 Å². The molecule has 0 aromatic carbocycles. The molecule has 2 aliphatic rings. The van der Waals surface area contributed by atoms with E-state index in [1.165, 1.54) is 24.1 Å². The quantitative estimate of drug-likeness (QED) is 0.874. The van der Waals surface area contributed by atoms with Crippen LogP contribution in [0, 0.1) is 0 Å². The van der Waals surface area contributed by atoms with Gasteiger partial charge in [0.25, 0.3) is 0 Å². The van der Waals surface area contributed by atoms with Crippen LogP contribution < -0.4 is 0 Å². The van der Waals surface area contributed by atoms with Crippen molar-refractivity contribution in [1.29, 1.82) is 0 Å². The van der Waals surface area contributed by atoms with Gasteiger partial charge in [-0.15, -0.1) is 0 Å². The van der Waals surface area contributed by atoms with Gasteiger partial charge in [-0.05, 0) is 24.5 Å². The van der Waals surface area contributed by atoms with Crippen LogP contribution in [0.5, 0.6) is 0 Å². The summed E-state index contributed by atoms with van der Waals surface area (Å²) < 4.78 is 0. The average molecular weight is 301 g/mol. The Morgan fingerprint density at radius 1 is 1.29 bits per heavy atom. The van der Waals surface area contributed by atoms with Crippen molar-refractivity contribution in [1.82, 2.24) is 19.9 Å². The predicted molar refractivity (Wildman–Crippen MR) is 81.1 cm³/mol. The molecule has 1 saturated carbocycles. The first-order valence-corrected chi connectivity index (χ1v) is 7.83. The third-order valence-corrected chi connectivity index (χ3v) is 4.56. The minimum atomic E-state index is 0.629. The van der Waals surface area contributed by atoms with E-state index in [1.807, 2.05) is 12.3 Å². The van der Waals surface area contributed by atoms with Crippen LogP contribution in [-0.4, -0.2) is 26.4 Å². The van der Waals surface area contributed by atoms with Crippen molar-refractivity contribution >= 4 is 11.6 Å². The number of rotatable bonds is 3. The van der Waals surface area contributed by atoms with Gasteiger partial charge in [-0.25, -0.2) is 9.97 Å². The maximum absolute atomic E-state index is 6.19. The standard InChI is InChI=1S/C16H17ClN4/c17-14-8-18-5-3-12(14)9-21-6-4-15-13(10-21)7-19-16(20-15)11-1-2-11/h3,5,7-8,11H,1-2,4,6,9-10H2. The van der Waals surface area contributed by atoms with Gasteiger partial charge in [-0.3, -0.25) is 9.88 Å². The molecule has 0 spiro atoms. The molecule has 4 nitrogen and oxygen atoms in total. The molecule has 0 bridgehead atoms. The molecule has 1 aliphatic heterocycles. The van der Waals surface area contributed by atoms with E-state index in [2.05, 4.69) is 14.9 Å². The lowest BCUT2D eigenvalue weighted by Crippen LogP contribution is -2.31. The number of hydrogen-bond acceptors (Lipinski definition) is 4. The fourth-order valence-corrected chi connectivity index (χ4v) is 3.02. The van der Waals surface area contributed by atoms with Crippen molar-refractivity contribution < 1.29 is 0 Å². The highest BCUT2D eigenvalue weighted by atomic mass is 35.5. The van der Waals surface area contributed by atoms with Gasteiger partial charge in [0, 0.05) is 61.8 Å². The average Bonchev–Trinajstić information content (AvgIpc) is 3.34. The molecule has 2 aromatic rings. The summed E-state index contributed by atoms with van der Waals surface area (Å²) in [7, 11) is 0. The molecular weight excluding hydrogens is 284 g/mol. The molecule has 21 heavy (non-hydrogen) atoms. The second-order valence-electron chi connectivity index (χ2n) is 5.90. The van der Waals surface area contributed by atoms with E-state index in [4.69, 9.17) is 16.6 Å². The maximum atomic E-state index is 6.19. The van der Waals surface area contributed by atoms with Crippen molar-refractivity contribution in [3.63, 3.8) is 0 Å². The molecule has 0 unspecified atom stereocenters. The van der Waals surface area contributed by atoms with Crippen molar-refractivity contribution in [3.8, 4) is 0 Å². The summed E-state index contributed by atoms with van der Waals surface area (Å²) in [6.07, 6.45) is 9.04. The highest BCUT2D eigenvalue weighted by Gasteiger charge is 2.28. The zero-order valence-corrected chi connectivity index (χ0v) is 12.6. The predicted octanol–water partition coefficient (Wildman–Crippen LogP) is 2.96. The Kier molecular flexibility index (Phi) is 3.36. The van der Waals surface area contributed by atoms with E-state index < -0.39 is 0 Å². The Bertz CT molecular complexity index is 669. The smallest absolute Gasteiger partial charge is 0.131 e. The lowest BCUT2D eigenvalue weighted by Gasteiger charge is -2.28. The Balaban J connectivity index is 1.50. The molecule has 0 radical (unpaired) electrons. The van der Waals surface area contributed by atoms with Gasteiger partial charge in [-0.1, -0.05) is 11.6 Å². The van der Waals surface area contributed by atoms with Crippen LogP contribution in [0.1, 0.15) is 41.4 Å². The third kappa shape index (κ3) is 2.78. The maximum Gasteiger partial charge on any atom is 0.131 e. The molecule has 1 aliphatic carbocycles. The lowest BCUT2D eigenvalue weighted by atomic mass is 10.1. The Morgan fingerprint density at radius 2 is 2.19 bits per heavy atom. The molecule has 3 heterocycles. The van der Waals surface area contributed by atoms with E-state index in [9.17, 15) is 0 Å². The summed E-state index contributed by atoms with van der Waals surface area (Å²) in [6, 6.07) is 1.99. The summed E-state index contributed by atoms with van der Waals surface area (Å²) in [4.78, 5) is 15.7. The Labute approximate surface area is 129 Å². The lowest BCUT2D eigenvalue weighted by molar-refractivity contribution is 0.242. The summed E-state index contributed by atoms with van der Waals surface area (Å²) in [6.45, 7) is 2.77. The van der Waals surface area contributed by atoms with Crippen LogP contribution in [0.2, 0.25) is 5.02 Å². The number of fused-ring (bicyclic) bond motifs is 1. The first-order chi connectivity index (χ1) is 10.3. The molecule has 4 rings (SSSR count). The number of nitrogens with zero attached hydrogens (tertiary/aromatic N) is 4. The molecule has 0 saturated heterocycles. The van der Waals surface area contributed by atoms with Gasteiger partial charge in [-0.2, -0.15) is 0 Å². The van der Waals surface area contributed by atoms with Crippen molar-refractivity contribution in [2.75, 3.05) is 6.54 Å². The monoisotopic (exact) mass is 300 g/mol. The van der Waals surface area contributed by atoms with Gasteiger partial charge < -0.3 is 0 Å². The van der Waals surface area contributed by atoms with Crippen molar-refractivity contribution in [3.05, 3.63) is 52.3 Å². The Hall–Kier alpha value is -1.52. The fourth-order valence-electron chi connectivity index (χ4n) is 2.84. The molecule has 1 fully saturated rings. The molecule has 0 N–H and O–H groups in total. The summed E-state index contributed by atoms with van der Waals surface area (Å²) in [5.41, 5.74) is 3.63. The van der Waals surface area contributed by atoms with Crippen LogP contribution in [0.15, 0.2) is 24.7 Å². The number of pyridine rings is 1. The minimum Gasteiger partial charge on any atom is -0.294 e. The first kappa shape index (κ1) is 13.2. The number of halogens is 1. The molecule has 108 valence electrons. The summed E-state index contributed by atoms with van der Waals surface area (Å²) >= 11 is 6.19. The van der Waals surface area contributed by atoms with Crippen LogP contribution >= 0.6 is 11.6 Å². The SMILES string of the molecule is Clc1cnccc1CN1CCc2nc(C3CC3)ncc2C1. The highest BCUT2D eigenvalue weighted by molar-refractivity contribution is 6.31. The van der Waals surface area contributed by atoms with Crippen LogP contribution in [0.4, 0.5) is 0 Å². The molecule has 2 aromatic heterocycles.